The fourth-order valence-corrected chi connectivity index (χ4v) is 17.4. The summed E-state index contributed by atoms with van der Waals surface area (Å²) in [6.45, 7) is 14.6. The third-order valence-corrected chi connectivity index (χ3v) is 25.7. The van der Waals surface area contributed by atoms with Crippen LogP contribution in [0.25, 0.3) is 90.4 Å². The van der Waals surface area contributed by atoms with Crippen molar-refractivity contribution in [1.29, 1.82) is 0 Å². The van der Waals surface area contributed by atoms with Crippen molar-refractivity contribution in [3.05, 3.63) is 276 Å². The molecule has 4 N–H and O–H groups in total. The SMILES string of the molecule is CCOc1ccn2c(-n3cc(-c4cc(C(=O)NC5CC5)ccc4C)cn3)cnc2c1.Cc1cc(F)c(C(=O)NC2CC2)cc1-c1cnn(-c2cnc3ccc(C(C)C)cn23)c1.Cc1cc(F)c(C(=O)NC2CC2)cc1-c1cnn(-c2cnc3ccccn23)c1.Cc1ccc(C(=O)NC2CC2)cc1-c1cnn(-c2cnc3ccc(S(=O)(=O)C4CCCCC4)cn23)c1. The van der Waals surface area contributed by atoms with Gasteiger partial charge in [0.05, 0.1) is 77.5 Å². The molecule has 4 amide bonds. The molecule has 21 rings (SSSR count). The van der Waals surface area contributed by atoms with Crippen LogP contribution in [0, 0.1) is 39.3 Å². The first-order valence-electron chi connectivity index (χ1n) is 42.5. The van der Waals surface area contributed by atoms with Gasteiger partial charge in [0, 0.05) is 113 Å². The number of hydrogen-bond acceptors (Lipinski definition) is 15. The number of nitrogens with zero attached hydrogens (tertiary/aromatic N) is 16. The first kappa shape index (κ1) is 81.9. The fraction of sp³-hybridized carbons (Fsp3) is 0.284. The molecule has 12 aromatic heterocycles. The molecule has 30 heteroatoms. The number of carbonyl (C=O) groups excluding carboxylic acids is 4. The average molecular weight is 1700 g/mol. The van der Waals surface area contributed by atoms with Gasteiger partial charge in [0.1, 0.15) is 40.0 Å². The molecule has 5 fully saturated rings. The number of fused-ring (bicyclic) bond motifs is 4. The van der Waals surface area contributed by atoms with Crippen LogP contribution in [0.2, 0.25) is 0 Å². The summed E-state index contributed by atoms with van der Waals surface area (Å²) in [6.07, 6.45) is 41.7. The van der Waals surface area contributed by atoms with Crippen LogP contribution < -0.4 is 26.0 Å². The van der Waals surface area contributed by atoms with Gasteiger partial charge >= 0.3 is 0 Å². The standard InChI is InChI=1S/C27H29N5O3S.C24H24FN5O.C23H23N5O2.C21H18FN5O/c1-18-7-8-19(27(33)30-21-9-10-21)13-24(18)20-14-29-32(16-20)26-15-28-25-12-11-23(17-31(25)26)36(34,35)22-5-3-2-4-6-22;1-14(2)16-4-7-22-26-11-23(29(22)12-16)30-13-17(10-27-30)19-9-20(21(25)8-15(19)3)24(31)28-18-5-6-18;1-3-30-19-8-9-27-21(11-19)24-13-22(27)28-14-17(12-25-28)20-10-16(5-4-15(20)2)23(29)26-18-6-7-18;1-13-8-18(22)17(21(28)25-15-5-6-15)9-16(13)14-10-24-27(12-14)20-11-23-19-4-2-3-7-26(19)20/h7-8,11-17,21-22H,2-6,9-10H2,1H3,(H,30,33);4,7-14,18H,5-6H2,1-3H3,(H,28,31);4-5,8-14,18H,3,6-7H2,1-2H3,(H,26,29);2-4,7-12,15H,5-6H2,1H3,(H,25,28). The van der Waals surface area contributed by atoms with Gasteiger partial charge in [-0.3, -0.25) is 36.8 Å². The van der Waals surface area contributed by atoms with E-state index in [0.717, 1.165) is 190 Å². The lowest BCUT2D eigenvalue weighted by molar-refractivity contribution is 0.0938. The number of aromatic nitrogens is 16. The van der Waals surface area contributed by atoms with Crippen molar-refractivity contribution in [3.8, 4) is 73.5 Å². The molecule has 125 heavy (non-hydrogen) atoms. The van der Waals surface area contributed by atoms with Crippen LogP contribution in [0.3, 0.4) is 0 Å². The second kappa shape index (κ2) is 34.4. The van der Waals surface area contributed by atoms with E-state index in [2.05, 4.69) is 87.7 Å². The molecule has 5 aliphatic rings. The molecular weight excluding hydrogens is 1600 g/mol. The van der Waals surface area contributed by atoms with Crippen LogP contribution in [-0.2, 0) is 9.84 Å². The van der Waals surface area contributed by atoms with Crippen molar-refractivity contribution in [1.82, 2.24) is 97.9 Å². The predicted molar refractivity (Wildman–Crippen MR) is 471 cm³/mol. The van der Waals surface area contributed by atoms with Gasteiger partial charge in [-0.1, -0.05) is 57.4 Å². The number of nitrogens with one attached hydrogen (secondary N) is 4. The number of imidazole rings is 4. The maximum Gasteiger partial charge on any atom is 0.254 e. The highest BCUT2D eigenvalue weighted by atomic mass is 32.2. The molecule has 0 unspecified atom stereocenters. The monoisotopic (exact) mass is 1700 g/mol. The lowest BCUT2D eigenvalue weighted by Gasteiger charge is -2.21. The number of sulfone groups is 1. The quantitative estimate of drug-likeness (QED) is 0.0520. The van der Waals surface area contributed by atoms with E-state index >= 15 is 0 Å². The zero-order valence-electron chi connectivity index (χ0n) is 70.2. The number of aryl methyl sites for hydroxylation is 4. The Balaban J connectivity index is 0.000000114. The largest absolute Gasteiger partial charge is 0.494 e. The lowest BCUT2D eigenvalue weighted by atomic mass is 9.99. The Kier molecular flexibility index (Phi) is 22.5. The van der Waals surface area contributed by atoms with Crippen LogP contribution >= 0.6 is 0 Å². The third kappa shape index (κ3) is 17.7. The summed E-state index contributed by atoms with van der Waals surface area (Å²) in [7, 11) is -3.41. The summed E-state index contributed by atoms with van der Waals surface area (Å²) in [5, 5.41) is 29.5. The normalized spacial score (nSPS) is 14.6. The Hall–Kier alpha value is -14.0. The van der Waals surface area contributed by atoms with E-state index in [0.29, 0.717) is 52.1 Å². The van der Waals surface area contributed by atoms with Gasteiger partial charge < -0.3 is 26.0 Å². The third-order valence-electron chi connectivity index (χ3n) is 23.4. The summed E-state index contributed by atoms with van der Waals surface area (Å²) in [6, 6.07) is 35.6. The summed E-state index contributed by atoms with van der Waals surface area (Å²) >= 11 is 0. The molecule has 16 aromatic rings. The number of pyridine rings is 4. The zero-order chi connectivity index (χ0) is 86.5. The second-order valence-corrected chi connectivity index (χ2v) is 35.4. The average Bonchev–Trinajstić information content (AvgIpc) is 1.66. The molecule has 0 saturated heterocycles. The van der Waals surface area contributed by atoms with Crippen molar-refractivity contribution in [2.24, 2.45) is 0 Å². The van der Waals surface area contributed by atoms with Gasteiger partial charge in [0.25, 0.3) is 23.6 Å². The predicted octanol–water partition coefficient (Wildman–Crippen LogP) is 16.5. The van der Waals surface area contributed by atoms with Crippen molar-refractivity contribution < 1.29 is 41.1 Å². The Morgan fingerprint density at radius 2 is 0.824 bits per heavy atom. The van der Waals surface area contributed by atoms with E-state index < -0.39 is 21.5 Å². The highest BCUT2D eigenvalue weighted by Gasteiger charge is 2.33. The number of hydrogen-bond donors (Lipinski definition) is 4. The summed E-state index contributed by atoms with van der Waals surface area (Å²) in [5.41, 5.74) is 16.3. The number of benzene rings is 4. The number of ether oxygens (including phenoxy) is 1. The van der Waals surface area contributed by atoms with Gasteiger partial charge in [0.2, 0.25) is 0 Å². The molecule has 12 heterocycles. The lowest BCUT2D eigenvalue weighted by Crippen LogP contribution is -2.26. The molecule has 0 aliphatic heterocycles. The van der Waals surface area contributed by atoms with Gasteiger partial charge in [-0.05, 0) is 240 Å². The number of rotatable bonds is 21. The molecule has 0 atom stereocenters. The van der Waals surface area contributed by atoms with Crippen LogP contribution in [0.15, 0.2) is 219 Å². The number of carbonyl (C=O) groups is 4. The first-order chi connectivity index (χ1) is 60.5. The minimum atomic E-state index is -3.41. The molecule has 636 valence electrons. The topological polar surface area (TPSA) is 300 Å². The number of halogens is 2. The van der Waals surface area contributed by atoms with E-state index in [1.54, 1.807) is 97.0 Å². The van der Waals surface area contributed by atoms with Crippen molar-refractivity contribution >= 4 is 56.1 Å². The molecular formula is C95H94F2N20O7S. The van der Waals surface area contributed by atoms with Crippen molar-refractivity contribution in [2.75, 3.05) is 6.61 Å². The molecule has 5 saturated carbocycles. The first-order valence-corrected chi connectivity index (χ1v) is 44.0. The smallest absolute Gasteiger partial charge is 0.254 e. The van der Waals surface area contributed by atoms with Gasteiger partial charge in [-0.2, -0.15) is 20.4 Å². The van der Waals surface area contributed by atoms with Crippen LogP contribution in [0.4, 0.5) is 8.78 Å². The second-order valence-electron chi connectivity index (χ2n) is 33.2. The Morgan fingerprint density at radius 1 is 0.416 bits per heavy atom. The van der Waals surface area contributed by atoms with Crippen LogP contribution in [-0.4, -0.2) is 145 Å². The minimum Gasteiger partial charge on any atom is -0.494 e. The van der Waals surface area contributed by atoms with Gasteiger partial charge in [-0.15, -0.1) is 0 Å². The summed E-state index contributed by atoms with van der Waals surface area (Å²) in [4.78, 5) is 67.9. The summed E-state index contributed by atoms with van der Waals surface area (Å²) < 4.78 is 75.7. The maximum atomic E-state index is 14.5. The highest BCUT2D eigenvalue weighted by Crippen LogP contribution is 2.36. The zero-order valence-corrected chi connectivity index (χ0v) is 71.1. The number of amides is 4. The van der Waals surface area contributed by atoms with Crippen LogP contribution in [0.5, 0.6) is 5.75 Å². The van der Waals surface area contributed by atoms with E-state index in [1.165, 1.54) is 17.7 Å². The molecule has 4 aromatic carbocycles. The Bertz CT molecular complexity index is 6940. The molecule has 0 radical (unpaired) electrons. The van der Waals surface area contributed by atoms with Gasteiger partial charge in [-0.25, -0.2) is 55.9 Å². The van der Waals surface area contributed by atoms with Crippen LogP contribution in [0.1, 0.15) is 179 Å². The Morgan fingerprint density at radius 3 is 1.27 bits per heavy atom. The Labute approximate surface area is 719 Å². The molecule has 27 nitrogen and oxygen atoms in total. The minimum absolute atomic E-state index is 0.0157. The highest BCUT2D eigenvalue weighted by molar-refractivity contribution is 7.92. The van der Waals surface area contributed by atoms with E-state index in [1.807, 2.05) is 164 Å². The van der Waals surface area contributed by atoms with E-state index in [9.17, 15) is 36.4 Å². The van der Waals surface area contributed by atoms with E-state index in [4.69, 9.17) is 4.74 Å². The maximum absolute atomic E-state index is 14.5. The fourth-order valence-electron chi connectivity index (χ4n) is 15.6. The van der Waals surface area contributed by atoms with Gasteiger partial charge in [0.15, 0.2) is 33.1 Å². The van der Waals surface area contributed by atoms with Crippen molar-refractivity contribution in [2.45, 2.75) is 172 Å². The van der Waals surface area contributed by atoms with Crippen molar-refractivity contribution in [3.63, 3.8) is 0 Å². The summed E-state index contributed by atoms with van der Waals surface area (Å²) in [5.74, 6) is 2.48. The molecule has 0 spiro atoms. The van der Waals surface area contributed by atoms with E-state index in [-0.39, 0.29) is 52.1 Å². The molecule has 5 aliphatic carbocycles. The molecule has 0 bridgehead atoms.